The van der Waals surface area contributed by atoms with Crippen molar-refractivity contribution in [2.75, 3.05) is 31.2 Å². The van der Waals surface area contributed by atoms with Crippen LogP contribution in [0.4, 0.5) is 19.0 Å². The van der Waals surface area contributed by atoms with E-state index in [0.29, 0.717) is 30.9 Å². The van der Waals surface area contributed by atoms with Crippen LogP contribution in [0, 0.1) is 0 Å². The van der Waals surface area contributed by atoms with Crippen LogP contribution in [0.15, 0.2) is 60.9 Å². The Labute approximate surface area is 200 Å². The summed E-state index contributed by atoms with van der Waals surface area (Å²) in [5, 5.41) is 2.92. The Morgan fingerprint density at radius 3 is 2.49 bits per heavy atom. The minimum absolute atomic E-state index is 0.0315. The van der Waals surface area contributed by atoms with Gasteiger partial charge in [-0.25, -0.2) is 4.98 Å². The highest BCUT2D eigenvalue weighted by Gasteiger charge is 2.30. The molecule has 6 nitrogen and oxygen atoms in total. The lowest BCUT2D eigenvalue weighted by Crippen LogP contribution is -2.36. The molecule has 9 heteroatoms. The van der Waals surface area contributed by atoms with E-state index in [1.54, 1.807) is 6.20 Å². The van der Waals surface area contributed by atoms with Crippen molar-refractivity contribution < 1.29 is 22.7 Å². The van der Waals surface area contributed by atoms with Gasteiger partial charge < -0.3 is 15.0 Å². The van der Waals surface area contributed by atoms with E-state index in [2.05, 4.69) is 20.2 Å². The number of rotatable bonds is 5. The number of alkyl halides is 3. The van der Waals surface area contributed by atoms with Crippen LogP contribution in [0.25, 0.3) is 16.8 Å². The van der Waals surface area contributed by atoms with Crippen molar-refractivity contribution >= 4 is 17.4 Å². The summed E-state index contributed by atoms with van der Waals surface area (Å²) in [5.74, 6) is 0.586. The number of hydrogen-bond acceptors (Lipinski definition) is 5. The molecular weight excluding hydrogens is 457 g/mol. The summed E-state index contributed by atoms with van der Waals surface area (Å²) in [4.78, 5) is 24.0. The van der Waals surface area contributed by atoms with E-state index in [0.717, 1.165) is 53.4 Å². The number of carbonyl (C=O) groups excluding carboxylic acids is 1. The number of benzene rings is 1. The molecule has 0 radical (unpaired) electrons. The molecule has 35 heavy (non-hydrogen) atoms. The number of ether oxygens (including phenoxy) is 1. The van der Waals surface area contributed by atoms with E-state index in [9.17, 15) is 18.0 Å². The van der Waals surface area contributed by atoms with Crippen molar-refractivity contribution in [1.29, 1.82) is 0 Å². The molecule has 5 rings (SSSR count). The molecule has 1 aliphatic heterocycles. The predicted octanol–water partition coefficient (Wildman–Crippen LogP) is 4.25. The van der Waals surface area contributed by atoms with Crippen molar-refractivity contribution in [3.8, 4) is 11.1 Å². The van der Waals surface area contributed by atoms with Gasteiger partial charge in [0.15, 0.2) is 0 Å². The molecule has 0 unspecified atom stereocenters. The number of nitrogens with zero attached hydrogens (tertiary/aromatic N) is 3. The zero-order chi connectivity index (χ0) is 24.4. The molecule has 0 spiro atoms. The van der Waals surface area contributed by atoms with Gasteiger partial charge in [-0.15, -0.1) is 0 Å². The molecule has 1 fully saturated rings. The number of halogens is 3. The maximum Gasteiger partial charge on any atom is 0.416 e. The van der Waals surface area contributed by atoms with E-state index in [4.69, 9.17) is 4.74 Å². The molecule has 1 amide bonds. The molecule has 1 saturated heterocycles. The van der Waals surface area contributed by atoms with Crippen molar-refractivity contribution in [1.82, 2.24) is 15.3 Å². The van der Waals surface area contributed by atoms with Crippen LogP contribution >= 0.6 is 0 Å². The van der Waals surface area contributed by atoms with Gasteiger partial charge in [0.1, 0.15) is 5.82 Å². The quantitative estimate of drug-likeness (QED) is 0.591. The minimum Gasteiger partial charge on any atom is -0.378 e. The first-order chi connectivity index (χ1) is 16.9. The van der Waals surface area contributed by atoms with Crippen molar-refractivity contribution in [2.24, 2.45) is 0 Å². The molecule has 0 atom stereocenters. The van der Waals surface area contributed by atoms with E-state index in [1.807, 2.05) is 30.5 Å². The molecule has 3 heterocycles. The third-order valence-corrected chi connectivity index (χ3v) is 6.11. The summed E-state index contributed by atoms with van der Waals surface area (Å²) < 4.78 is 43.8. The SMILES string of the molecule is O=C(Cc1ccc(C(F)(F)F)cc1)NC1=CCc2nccc(-c3ccc(N4CCOCC4)nc3)c21. The summed E-state index contributed by atoms with van der Waals surface area (Å²) in [7, 11) is 0. The van der Waals surface area contributed by atoms with Crippen molar-refractivity contribution in [3.05, 3.63) is 83.3 Å². The Kier molecular flexibility index (Phi) is 6.25. The third kappa shape index (κ3) is 5.05. The molecule has 1 aromatic carbocycles. The van der Waals surface area contributed by atoms with Crippen LogP contribution in [0.5, 0.6) is 0 Å². The van der Waals surface area contributed by atoms with Gasteiger partial charge in [-0.3, -0.25) is 9.78 Å². The fraction of sp³-hybridized carbons (Fsp3) is 0.269. The number of allylic oxidation sites excluding steroid dienone is 1. The van der Waals surface area contributed by atoms with Gasteiger partial charge in [0.05, 0.1) is 30.9 Å². The Morgan fingerprint density at radius 2 is 1.80 bits per heavy atom. The number of amides is 1. The molecule has 1 aliphatic carbocycles. The summed E-state index contributed by atoms with van der Waals surface area (Å²) >= 11 is 0. The van der Waals surface area contributed by atoms with Gasteiger partial charge in [0.25, 0.3) is 0 Å². The average Bonchev–Trinajstić information content (AvgIpc) is 3.27. The second-order valence-electron chi connectivity index (χ2n) is 8.43. The zero-order valence-corrected chi connectivity index (χ0v) is 18.8. The normalized spacial score (nSPS) is 15.5. The highest BCUT2D eigenvalue weighted by molar-refractivity contribution is 5.93. The number of morpholine rings is 1. The second kappa shape index (κ2) is 9.50. The number of fused-ring (bicyclic) bond motifs is 1. The largest absolute Gasteiger partial charge is 0.416 e. The number of pyridine rings is 2. The maximum atomic E-state index is 12.8. The minimum atomic E-state index is -4.40. The van der Waals surface area contributed by atoms with Crippen LogP contribution < -0.4 is 10.2 Å². The predicted molar refractivity (Wildman–Crippen MR) is 125 cm³/mol. The van der Waals surface area contributed by atoms with Gasteiger partial charge in [-0.1, -0.05) is 18.2 Å². The summed E-state index contributed by atoms with van der Waals surface area (Å²) in [6.07, 6.45) is 1.61. The first-order valence-corrected chi connectivity index (χ1v) is 11.3. The molecular formula is C26H23F3N4O2. The fourth-order valence-electron chi connectivity index (χ4n) is 4.33. The second-order valence-corrected chi connectivity index (χ2v) is 8.43. The van der Waals surface area contributed by atoms with Gasteiger partial charge in [-0.05, 0) is 41.5 Å². The summed E-state index contributed by atoms with van der Waals surface area (Å²) in [6.45, 7) is 2.97. The highest BCUT2D eigenvalue weighted by atomic mass is 19.4. The van der Waals surface area contributed by atoms with E-state index >= 15 is 0 Å². The maximum absolute atomic E-state index is 12.8. The van der Waals surface area contributed by atoms with Gasteiger partial charge in [0.2, 0.25) is 5.91 Å². The van der Waals surface area contributed by atoms with E-state index in [-0.39, 0.29) is 12.3 Å². The van der Waals surface area contributed by atoms with Gasteiger partial charge in [-0.2, -0.15) is 13.2 Å². The first-order valence-electron chi connectivity index (χ1n) is 11.3. The number of nitrogens with one attached hydrogen (secondary N) is 1. The Hall–Kier alpha value is -3.72. The van der Waals surface area contributed by atoms with Crippen molar-refractivity contribution in [3.63, 3.8) is 0 Å². The molecule has 3 aromatic rings. The van der Waals surface area contributed by atoms with E-state index in [1.165, 1.54) is 12.1 Å². The lowest BCUT2D eigenvalue weighted by atomic mass is 10.00. The third-order valence-electron chi connectivity index (χ3n) is 6.11. The fourth-order valence-corrected chi connectivity index (χ4v) is 4.33. The lowest BCUT2D eigenvalue weighted by Gasteiger charge is -2.27. The highest BCUT2D eigenvalue weighted by Crippen LogP contribution is 2.34. The molecule has 2 aliphatic rings. The Balaban J connectivity index is 1.32. The first kappa shape index (κ1) is 23.0. The molecule has 0 bridgehead atoms. The zero-order valence-electron chi connectivity index (χ0n) is 18.8. The summed E-state index contributed by atoms with van der Waals surface area (Å²) in [5.41, 5.74) is 3.93. The number of aromatic nitrogens is 2. The lowest BCUT2D eigenvalue weighted by molar-refractivity contribution is -0.137. The smallest absolute Gasteiger partial charge is 0.378 e. The Morgan fingerprint density at radius 1 is 1.03 bits per heavy atom. The number of anilines is 1. The summed E-state index contributed by atoms with van der Waals surface area (Å²) in [6, 6.07) is 10.5. The average molecular weight is 480 g/mol. The van der Waals surface area contributed by atoms with Crippen LogP contribution in [0.3, 0.4) is 0 Å². The monoisotopic (exact) mass is 480 g/mol. The Bertz CT molecular complexity index is 1250. The standard InChI is InChI=1S/C26H23F3N4O2/c27-26(28,29)19-4-1-17(2-5-19)15-24(34)32-22-7-6-21-25(22)20(9-10-30-21)18-3-8-23(31-16-18)33-11-13-35-14-12-33/h1-5,7-10,16H,6,11-15H2,(H,32,34). The van der Waals surface area contributed by atoms with Crippen molar-refractivity contribution in [2.45, 2.75) is 19.0 Å². The van der Waals surface area contributed by atoms with Gasteiger partial charge >= 0.3 is 6.18 Å². The molecule has 2 aromatic heterocycles. The number of hydrogen-bond donors (Lipinski definition) is 1. The van der Waals surface area contributed by atoms with E-state index < -0.39 is 11.7 Å². The topological polar surface area (TPSA) is 67.4 Å². The molecule has 180 valence electrons. The van der Waals surface area contributed by atoms with Crippen LogP contribution in [-0.4, -0.2) is 42.2 Å². The molecule has 1 N–H and O–H groups in total. The van der Waals surface area contributed by atoms with Crippen LogP contribution in [-0.2, 0) is 28.5 Å². The van der Waals surface area contributed by atoms with Gasteiger partial charge in [0, 0.05) is 48.7 Å². The van der Waals surface area contributed by atoms with Crippen LogP contribution in [0.2, 0.25) is 0 Å². The van der Waals surface area contributed by atoms with Crippen LogP contribution in [0.1, 0.15) is 22.4 Å². The number of carbonyl (C=O) groups is 1. The molecule has 0 saturated carbocycles.